The van der Waals surface area contributed by atoms with Gasteiger partial charge in [-0.1, -0.05) is 19.4 Å². The average Bonchev–Trinajstić information content (AvgIpc) is 3.49. The van der Waals surface area contributed by atoms with Crippen LogP contribution in [-0.2, 0) is 19.1 Å². The fraction of sp³-hybridized carbons (Fsp3) is 0.826. The molecule has 176 valence electrons. The van der Waals surface area contributed by atoms with Crippen molar-refractivity contribution in [2.24, 2.45) is 34.5 Å². The van der Waals surface area contributed by atoms with Crippen molar-refractivity contribution in [3.8, 4) is 0 Å². The lowest BCUT2D eigenvalue weighted by atomic mass is 9.46. The van der Waals surface area contributed by atoms with Crippen LogP contribution >= 0.6 is 54.0 Å². The lowest BCUT2D eigenvalue weighted by molar-refractivity contribution is -0.164. The van der Waals surface area contributed by atoms with Gasteiger partial charge in [-0.3, -0.25) is 9.59 Å². The van der Waals surface area contributed by atoms with Crippen molar-refractivity contribution in [3.63, 3.8) is 0 Å². The lowest BCUT2D eigenvalue weighted by Crippen LogP contribution is -2.60. The Bertz CT molecular complexity index is 863. The van der Waals surface area contributed by atoms with Crippen molar-refractivity contribution in [2.45, 2.75) is 82.5 Å². The molecule has 8 heteroatoms. The third-order valence-electron chi connectivity index (χ3n) is 10.4. The molecule has 0 aromatic heterocycles. The van der Waals surface area contributed by atoms with E-state index in [1.165, 1.54) is 18.4 Å². The van der Waals surface area contributed by atoms with Gasteiger partial charge < -0.3 is 9.47 Å². The number of rotatable bonds is 0. The van der Waals surface area contributed by atoms with Crippen LogP contribution in [0.4, 0.5) is 0 Å². The highest BCUT2D eigenvalue weighted by Crippen LogP contribution is 2.82. The molecular formula is C23H36O4S4. The Morgan fingerprint density at radius 2 is 1.74 bits per heavy atom. The average molecular weight is 505 g/mol. The lowest BCUT2D eigenvalue weighted by Gasteiger charge is -2.56. The van der Waals surface area contributed by atoms with Gasteiger partial charge in [0.15, 0.2) is 5.78 Å². The van der Waals surface area contributed by atoms with Crippen LogP contribution in [0.2, 0.25) is 0 Å². The zero-order valence-corrected chi connectivity index (χ0v) is 22.3. The predicted molar refractivity (Wildman–Crippen MR) is 138 cm³/mol. The van der Waals surface area contributed by atoms with Gasteiger partial charge in [0.25, 0.3) is 0 Å². The van der Waals surface area contributed by atoms with Crippen molar-refractivity contribution in [1.82, 2.24) is 0 Å². The van der Waals surface area contributed by atoms with Gasteiger partial charge in [-0.2, -0.15) is 54.0 Å². The van der Waals surface area contributed by atoms with Crippen LogP contribution in [0.1, 0.15) is 65.2 Å². The van der Waals surface area contributed by atoms with Gasteiger partial charge in [-0.15, -0.1) is 0 Å². The number of esters is 1. The van der Waals surface area contributed by atoms with Crippen molar-refractivity contribution < 1.29 is 19.1 Å². The molecular weight excluding hydrogens is 469 g/mol. The third kappa shape index (κ3) is 2.66. The van der Waals surface area contributed by atoms with Gasteiger partial charge >= 0.3 is 5.97 Å². The second-order valence-electron chi connectivity index (χ2n) is 11.1. The molecule has 2 aliphatic heterocycles. The van der Waals surface area contributed by atoms with Gasteiger partial charge in [0.05, 0.1) is 6.10 Å². The van der Waals surface area contributed by atoms with E-state index in [1.807, 2.05) is 6.08 Å². The molecule has 0 aromatic rings. The van der Waals surface area contributed by atoms with E-state index in [0.717, 1.165) is 25.7 Å². The molecule has 7 aliphatic rings. The molecule has 0 unspecified atom stereocenters. The van der Waals surface area contributed by atoms with E-state index in [2.05, 4.69) is 13.8 Å². The number of ketones is 1. The molecule has 9 atom stereocenters. The number of ether oxygens (including phenoxy) is 2. The van der Waals surface area contributed by atoms with Crippen LogP contribution in [0.5, 0.6) is 0 Å². The SMILES string of the molecule is C[C@]12CCC(=O)C=C1[C@@H]1C[C@@H]1[C@H]1[C@@H]3CC[C@@]4(CCC(=O)O4)[C@@]3(C)C[C@H]3O[C@@]132.S.S.S.S. The number of carbonyl (C=O) groups excluding carboxylic acids is 2. The van der Waals surface area contributed by atoms with Crippen molar-refractivity contribution >= 4 is 65.7 Å². The highest BCUT2D eigenvalue weighted by Gasteiger charge is 2.85. The molecule has 2 saturated heterocycles. The van der Waals surface area contributed by atoms with Crippen molar-refractivity contribution in [1.29, 1.82) is 0 Å². The molecule has 5 aliphatic carbocycles. The second-order valence-corrected chi connectivity index (χ2v) is 11.1. The number of epoxide rings is 1. The number of hydrogen-bond donors (Lipinski definition) is 0. The summed E-state index contributed by atoms with van der Waals surface area (Å²) in [5.41, 5.74) is 1.24. The molecule has 4 nitrogen and oxygen atoms in total. The Labute approximate surface area is 212 Å². The monoisotopic (exact) mass is 504 g/mol. The zero-order valence-electron chi connectivity index (χ0n) is 18.3. The summed E-state index contributed by atoms with van der Waals surface area (Å²) in [6, 6.07) is 0. The van der Waals surface area contributed by atoms with E-state index in [9.17, 15) is 9.59 Å². The Balaban J connectivity index is 0.000000681. The smallest absolute Gasteiger partial charge is 0.306 e. The summed E-state index contributed by atoms with van der Waals surface area (Å²) in [5, 5.41) is 0. The minimum atomic E-state index is -0.239. The Hall–Kier alpha value is 0.240. The van der Waals surface area contributed by atoms with Gasteiger partial charge in [-0.25, -0.2) is 0 Å². The third-order valence-corrected chi connectivity index (χ3v) is 10.4. The maximum atomic E-state index is 12.2. The Morgan fingerprint density at radius 3 is 2.42 bits per heavy atom. The topological polar surface area (TPSA) is 55.9 Å². The van der Waals surface area contributed by atoms with E-state index >= 15 is 0 Å². The molecule has 6 fully saturated rings. The molecule has 7 rings (SSSR count). The highest BCUT2D eigenvalue weighted by atomic mass is 32.1. The Kier molecular flexibility index (Phi) is 6.14. The summed E-state index contributed by atoms with van der Waals surface area (Å²) in [7, 11) is 0. The molecule has 31 heavy (non-hydrogen) atoms. The summed E-state index contributed by atoms with van der Waals surface area (Å²) in [4.78, 5) is 24.2. The number of hydrogen-bond acceptors (Lipinski definition) is 4. The largest absolute Gasteiger partial charge is 0.458 e. The number of fused-ring (bicyclic) bond motifs is 7. The van der Waals surface area contributed by atoms with Gasteiger partial charge in [-0.05, 0) is 68.3 Å². The predicted octanol–water partition coefficient (Wildman–Crippen LogP) is 4.03. The van der Waals surface area contributed by atoms with Crippen LogP contribution in [0.3, 0.4) is 0 Å². The molecule has 0 amide bonds. The molecule has 0 N–H and O–H groups in total. The van der Waals surface area contributed by atoms with Crippen molar-refractivity contribution in [3.05, 3.63) is 11.6 Å². The van der Waals surface area contributed by atoms with Crippen LogP contribution in [0.25, 0.3) is 0 Å². The number of carbonyl (C=O) groups is 2. The Morgan fingerprint density at radius 1 is 1.00 bits per heavy atom. The summed E-state index contributed by atoms with van der Waals surface area (Å²) in [5.74, 6) is 2.77. The van der Waals surface area contributed by atoms with Crippen LogP contribution in [0, 0.1) is 34.5 Å². The van der Waals surface area contributed by atoms with Gasteiger partial charge in [0.1, 0.15) is 11.2 Å². The first-order chi connectivity index (χ1) is 12.8. The van der Waals surface area contributed by atoms with E-state index in [-0.39, 0.29) is 88.1 Å². The summed E-state index contributed by atoms with van der Waals surface area (Å²) < 4.78 is 12.8. The molecule has 2 heterocycles. The minimum Gasteiger partial charge on any atom is -0.458 e. The van der Waals surface area contributed by atoms with Crippen molar-refractivity contribution in [2.75, 3.05) is 0 Å². The standard InChI is InChI=1S/C23H28O4.4H2S/c1-20-6-3-12(24)9-16(20)13-10-14(13)19-15-4-7-22(8-5-18(25)27-22)21(15,2)11-17-23(19,20)26-17;;;;/h9,13-15,17,19H,3-8,10-11H2,1-2H3;4*1H2/t13-,14+,15+,17-,19+,20+,21+,22-,23-;;;;/m1..../s1. The summed E-state index contributed by atoms with van der Waals surface area (Å²) >= 11 is 0. The highest BCUT2D eigenvalue weighted by molar-refractivity contribution is 7.59. The fourth-order valence-corrected chi connectivity index (χ4v) is 9.12. The minimum absolute atomic E-state index is 0. The van der Waals surface area contributed by atoms with Crippen LogP contribution in [0.15, 0.2) is 11.6 Å². The van der Waals surface area contributed by atoms with Crippen LogP contribution < -0.4 is 0 Å². The van der Waals surface area contributed by atoms with Gasteiger partial charge in [0.2, 0.25) is 0 Å². The molecule has 0 aromatic carbocycles. The normalized spacial score (nSPS) is 54.0. The maximum absolute atomic E-state index is 12.2. The molecule has 0 bridgehead atoms. The molecule has 4 saturated carbocycles. The van der Waals surface area contributed by atoms with E-state index in [4.69, 9.17) is 9.47 Å². The quantitative estimate of drug-likeness (QED) is 0.369. The first-order valence-corrected chi connectivity index (χ1v) is 11.0. The van der Waals surface area contributed by atoms with Gasteiger partial charge in [0, 0.05) is 23.7 Å². The van der Waals surface area contributed by atoms with E-state index in [1.54, 1.807) is 0 Å². The fourth-order valence-electron chi connectivity index (χ4n) is 9.12. The summed E-state index contributed by atoms with van der Waals surface area (Å²) in [6.07, 6.45) is 9.85. The summed E-state index contributed by atoms with van der Waals surface area (Å²) in [6.45, 7) is 4.81. The molecule has 2 spiro atoms. The first-order valence-electron chi connectivity index (χ1n) is 11.0. The van der Waals surface area contributed by atoms with Crippen LogP contribution in [-0.4, -0.2) is 29.1 Å². The van der Waals surface area contributed by atoms with E-state index in [0.29, 0.717) is 42.3 Å². The zero-order chi connectivity index (χ0) is 18.4. The first kappa shape index (κ1) is 25.9. The molecule has 0 radical (unpaired) electrons. The van der Waals surface area contributed by atoms with E-state index < -0.39 is 0 Å². The second kappa shape index (κ2) is 7.37. The maximum Gasteiger partial charge on any atom is 0.306 e.